The van der Waals surface area contributed by atoms with Crippen molar-refractivity contribution in [2.24, 2.45) is 0 Å². The van der Waals surface area contributed by atoms with Crippen LogP contribution in [0.1, 0.15) is 38.4 Å². The SMILES string of the molecule is Cc1ccc(Cc2nsc(Oc3cc(C(=O)NCc4ccc(F)cc4)ccc3C)n2)cc1. The Hall–Kier alpha value is -3.58. The molecule has 0 fully saturated rings. The monoisotopic (exact) mass is 447 g/mol. The van der Waals surface area contributed by atoms with E-state index in [0.717, 1.165) is 16.7 Å². The second-order valence-electron chi connectivity index (χ2n) is 7.53. The van der Waals surface area contributed by atoms with Crippen molar-refractivity contribution in [3.63, 3.8) is 0 Å². The molecule has 1 heterocycles. The van der Waals surface area contributed by atoms with Gasteiger partial charge < -0.3 is 10.1 Å². The van der Waals surface area contributed by atoms with E-state index in [-0.39, 0.29) is 11.7 Å². The van der Waals surface area contributed by atoms with Gasteiger partial charge in [-0.1, -0.05) is 48.0 Å². The summed E-state index contributed by atoms with van der Waals surface area (Å²) < 4.78 is 23.3. The lowest BCUT2D eigenvalue weighted by Gasteiger charge is -2.09. The van der Waals surface area contributed by atoms with Gasteiger partial charge in [0, 0.05) is 30.1 Å². The summed E-state index contributed by atoms with van der Waals surface area (Å²) in [5.41, 5.74) is 4.52. The molecule has 5 nitrogen and oxygen atoms in total. The highest BCUT2D eigenvalue weighted by Crippen LogP contribution is 2.28. The predicted molar refractivity (Wildman–Crippen MR) is 123 cm³/mol. The molecule has 4 aromatic rings. The van der Waals surface area contributed by atoms with Gasteiger partial charge in [-0.25, -0.2) is 4.39 Å². The van der Waals surface area contributed by atoms with Gasteiger partial charge in [-0.15, -0.1) is 0 Å². The third-order valence-electron chi connectivity index (χ3n) is 4.95. The molecule has 0 saturated carbocycles. The molecular formula is C25H22FN3O2S. The Kier molecular flexibility index (Phi) is 6.56. The molecule has 0 bridgehead atoms. The number of rotatable bonds is 7. The Morgan fingerprint density at radius 2 is 1.72 bits per heavy atom. The number of nitrogens with zero attached hydrogens (tertiary/aromatic N) is 2. The van der Waals surface area contributed by atoms with Crippen molar-refractivity contribution in [1.29, 1.82) is 0 Å². The Morgan fingerprint density at radius 1 is 1.00 bits per heavy atom. The number of carbonyl (C=O) groups excluding carboxylic acids is 1. The molecular weight excluding hydrogens is 425 g/mol. The average molecular weight is 448 g/mol. The van der Waals surface area contributed by atoms with Gasteiger partial charge in [0.1, 0.15) is 11.6 Å². The van der Waals surface area contributed by atoms with Gasteiger partial charge in [-0.3, -0.25) is 4.79 Å². The summed E-state index contributed by atoms with van der Waals surface area (Å²) >= 11 is 1.18. The fourth-order valence-corrected chi connectivity index (χ4v) is 3.63. The molecule has 1 aromatic heterocycles. The number of hydrogen-bond donors (Lipinski definition) is 1. The molecule has 0 aliphatic carbocycles. The first-order chi connectivity index (χ1) is 15.5. The quantitative estimate of drug-likeness (QED) is 0.400. The third-order valence-corrected chi connectivity index (χ3v) is 5.58. The maximum atomic E-state index is 13.0. The van der Waals surface area contributed by atoms with E-state index in [1.807, 2.05) is 13.0 Å². The van der Waals surface area contributed by atoms with Crippen LogP contribution in [0.4, 0.5) is 4.39 Å². The van der Waals surface area contributed by atoms with Crippen LogP contribution >= 0.6 is 11.5 Å². The average Bonchev–Trinajstić information content (AvgIpc) is 3.23. The molecule has 4 rings (SSSR count). The molecule has 0 saturated heterocycles. The number of amides is 1. The zero-order valence-electron chi connectivity index (χ0n) is 17.8. The maximum Gasteiger partial charge on any atom is 0.298 e. The van der Waals surface area contributed by atoms with E-state index in [4.69, 9.17) is 4.74 Å². The highest BCUT2D eigenvalue weighted by molar-refractivity contribution is 7.07. The van der Waals surface area contributed by atoms with E-state index < -0.39 is 0 Å². The van der Waals surface area contributed by atoms with E-state index >= 15 is 0 Å². The smallest absolute Gasteiger partial charge is 0.298 e. The molecule has 1 amide bonds. The molecule has 0 unspecified atom stereocenters. The summed E-state index contributed by atoms with van der Waals surface area (Å²) in [6.45, 7) is 4.27. The van der Waals surface area contributed by atoms with E-state index in [2.05, 4.69) is 45.9 Å². The summed E-state index contributed by atoms with van der Waals surface area (Å²) in [4.78, 5) is 17.0. The van der Waals surface area contributed by atoms with Gasteiger partial charge in [0.2, 0.25) is 0 Å². The lowest BCUT2D eigenvalue weighted by atomic mass is 10.1. The number of aromatic nitrogens is 2. The number of benzene rings is 3. The van der Waals surface area contributed by atoms with Crippen molar-refractivity contribution < 1.29 is 13.9 Å². The van der Waals surface area contributed by atoms with Crippen molar-refractivity contribution in [2.75, 3.05) is 0 Å². The summed E-state index contributed by atoms with van der Waals surface area (Å²) in [6.07, 6.45) is 0.630. The van der Waals surface area contributed by atoms with E-state index in [1.54, 1.807) is 24.3 Å². The minimum Gasteiger partial charge on any atom is -0.430 e. The van der Waals surface area contributed by atoms with Crippen LogP contribution in [0.25, 0.3) is 0 Å². The predicted octanol–water partition coefficient (Wildman–Crippen LogP) is 5.61. The zero-order chi connectivity index (χ0) is 22.5. The normalized spacial score (nSPS) is 10.7. The highest BCUT2D eigenvalue weighted by atomic mass is 32.1. The number of carbonyl (C=O) groups is 1. The molecule has 1 N–H and O–H groups in total. The summed E-state index contributed by atoms with van der Waals surface area (Å²) in [5.74, 6) is 0.702. The topological polar surface area (TPSA) is 64.1 Å². The largest absolute Gasteiger partial charge is 0.430 e. The van der Waals surface area contributed by atoms with Gasteiger partial charge in [0.05, 0.1) is 0 Å². The van der Waals surface area contributed by atoms with Crippen LogP contribution in [0.5, 0.6) is 10.9 Å². The Labute approximate surface area is 190 Å². The molecule has 0 atom stereocenters. The zero-order valence-corrected chi connectivity index (χ0v) is 18.6. The summed E-state index contributed by atoms with van der Waals surface area (Å²) in [5, 5.41) is 3.27. The molecule has 32 heavy (non-hydrogen) atoms. The van der Waals surface area contributed by atoms with Crippen molar-refractivity contribution in [1.82, 2.24) is 14.7 Å². The molecule has 0 aliphatic heterocycles. The molecule has 0 radical (unpaired) electrons. The third kappa shape index (κ3) is 5.56. The number of halogens is 1. The van der Waals surface area contributed by atoms with Gasteiger partial charge in [-0.2, -0.15) is 9.36 Å². The molecule has 3 aromatic carbocycles. The van der Waals surface area contributed by atoms with Crippen LogP contribution < -0.4 is 10.1 Å². The van der Waals surface area contributed by atoms with Gasteiger partial charge >= 0.3 is 0 Å². The van der Waals surface area contributed by atoms with Gasteiger partial charge in [0.25, 0.3) is 11.1 Å². The maximum absolute atomic E-state index is 13.0. The second-order valence-corrected chi connectivity index (χ2v) is 8.24. The van der Waals surface area contributed by atoms with Gasteiger partial charge in [0.15, 0.2) is 5.82 Å². The molecule has 0 aliphatic rings. The van der Waals surface area contributed by atoms with Gasteiger partial charge in [-0.05, 0) is 54.8 Å². The van der Waals surface area contributed by atoms with Crippen molar-refractivity contribution in [3.05, 3.63) is 106 Å². The van der Waals surface area contributed by atoms with E-state index in [0.29, 0.717) is 35.3 Å². The highest BCUT2D eigenvalue weighted by Gasteiger charge is 2.12. The van der Waals surface area contributed by atoms with Crippen molar-refractivity contribution >= 4 is 17.4 Å². The number of hydrogen-bond acceptors (Lipinski definition) is 5. The van der Waals surface area contributed by atoms with Crippen LogP contribution in [0.3, 0.4) is 0 Å². The summed E-state index contributed by atoms with van der Waals surface area (Å²) in [7, 11) is 0. The van der Waals surface area contributed by atoms with Crippen molar-refractivity contribution in [3.8, 4) is 10.9 Å². The molecule has 0 spiro atoms. The lowest BCUT2D eigenvalue weighted by Crippen LogP contribution is -2.22. The lowest BCUT2D eigenvalue weighted by molar-refractivity contribution is 0.0950. The number of aryl methyl sites for hydroxylation is 2. The van der Waals surface area contributed by atoms with Crippen LogP contribution in [0.15, 0.2) is 66.7 Å². The second kappa shape index (κ2) is 9.70. The first kappa shape index (κ1) is 21.6. The van der Waals surface area contributed by atoms with Crippen LogP contribution in [-0.4, -0.2) is 15.3 Å². The Bertz CT molecular complexity index is 1220. The molecule has 162 valence electrons. The van der Waals surface area contributed by atoms with Crippen LogP contribution in [-0.2, 0) is 13.0 Å². The number of nitrogens with one attached hydrogen (secondary N) is 1. The van der Waals surface area contributed by atoms with E-state index in [9.17, 15) is 9.18 Å². The number of ether oxygens (including phenoxy) is 1. The Morgan fingerprint density at radius 3 is 2.47 bits per heavy atom. The minimum absolute atomic E-state index is 0.239. The Balaban J connectivity index is 1.41. The first-order valence-corrected chi connectivity index (χ1v) is 10.9. The minimum atomic E-state index is -0.306. The van der Waals surface area contributed by atoms with E-state index in [1.165, 1.54) is 29.2 Å². The standard InChI is InChI=1S/C25H22FN3O2S/c1-16-3-6-18(7-4-16)13-23-28-25(32-29-23)31-22-14-20(10-5-17(22)2)24(30)27-15-19-8-11-21(26)12-9-19/h3-12,14H,13,15H2,1-2H3,(H,27,30). The fraction of sp³-hybridized carbons (Fsp3) is 0.160. The van der Waals surface area contributed by atoms with Crippen LogP contribution in [0.2, 0.25) is 0 Å². The first-order valence-electron chi connectivity index (χ1n) is 10.2. The fourth-order valence-electron chi connectivity index (χ4n) is 3.07. The van der Waals surface area contributed by atoms with Crippen molar-refractivity contribution in [2.45, 2.75) is 26.8 Å². The molecule has 7 heteroatoms. The van der Waals surface area contributed by atoms with Crippen LogP contribution in [0, 0.1) is 19.7 Å². The summed E-state index contributed by atoms with van der Waals surface area (Å²) in [6, 6.07) is 19.5.